The molecule has 4 nitrogen and oxygen atoms in total. The van der Waals surface area contributed by atoms with Gasteiger partial charge in [-0.3, -0.25) is 0 Å². The van der Waals surface area contributed by atoms with Gasteiger partial charge in [-0.05, 0) is 5.92 Å². The molecule has 2 amide bonds. The number of thiazole rings is 1. The van der Waals surface area contributed by atoms with E-state index in [1.165, 1.54) is 0 Å². The van der Waals surface area contributed by atoms with Crippen LogP contribution in [0.3, 0.4) is 0 Å². The summed E-state index contributed by atoms with van der Waals surface area (Å²) in [6, 6.07) is 10.0. The maximum atomic E-state index is 11.5. The molecule has 0 saturated heterocycles. The second-order valence-corrected chi connectivity index (χ2v) is 6.15. The van der Waals surface area contributed by atoms with E-state index in [-0.39, 0.29) is 6.03 Å². The van der Waals surface area contributed by atoms with E-state index in [1.54, 1.807) is 11.3 Å². The van der Waals surface area contributed by atoms with Gasteiger partial charge in [-0.1, -0.05) is 44.2 Å². The van der Waals surface area contributed by atoms with E-state index in [9.17, 15) is 4.79 Å². The topological polar surface area (TPSA) is 54.0 Å². The molecule has 1 aromatic heterocycles. The van der Waals surface area contributed by atoms with Crippen molar-refractivity contribution in [1.29, 1.82) is 0 Å². The van der Waals surface area contributed by atoms with Gasteiger partial charge in [0.05, 0.1) is 5.69 Å². The van der Waals surface area contributed by atoms with E-state index in [1.807, 2.05) is 18.2 Å². The van der Waals surface area contributed by atoms with Crippen LogP contribution in [0.1, 0.15) is 19.5 Å². The molecule has 5 heteroatoms. The highest BCUT2D eigenvalue weighted by molar-refractivity contribution is 7.13. The maximum Gasteiger partial charge on any atom is 0.314 e. The van der Waals surface area contributed by atoms with Crippen molar-refractivity contribution in [3.63, 3.8) is 0 Å². The second-order valence-electron chi connectivity index (χ2n) is 5.29. The summed E-state index contributed by atoms with van der Waals surface area (Å²) in [5.74, 6) is 0.461. The molecule has 0 saturated carbocycles. The van der Waals surface area contributed by atoms with E-state index in [2.05, 4.69) is 47.0 Å². The lowest BCUT2D eigenvalue weighted by Crippen LogP contribution is -2.38. The Balaban J connectivity index is 1.77. The number of urea groups is 1. The summed E-state index contributed by atoms with van der Waals surface area (Å²) in [6.45, 7) is 5.43. The summed E-state index contributed by atoms with van der Waals surface area (Å²) in [7, 11) is 0. The molecule has 2 rings (SSSR count). The van der Waals surface area contributed by atoms with Crippen LogP contribution in [0, 0.1) is 5.92 Å². The summed E-state index contributed by atoms with van der Waals surface area (Å²) >= 11 is 1.64. The fourth-order valence-corrected chi connectivity index (χ4v) is 2.66. The third-order valence-corrected chi connectivity index (χ3v) is 3.85. The van der Waals surface area contributed by atoms with Crippen LogP contribution in [0.25, 0.3) is 10.6 Å². The molecule has 1 heterocycles. The van der Waals surface area contributed by atoms with E-state index >= 15 is 0 Å². The SMILES string of the molecule is CC(C)CNC(=O)NCCc1csc(-c2ccccc2)n1. The molecule has 112 valence electrons. The highest BCUT2D eigenvalue weighted by atomic mass is 32.1. The number of rotatable bonds is 6. The van der Waals surface area contributed by atoms with Crippen molar-refractivity contribution in [2.75, 3.05) is 13.1 Å². The zero-order valence-corrected chi connectivity index (χ0v) is 13.2. The molecule has 0 unspecified atom stereocenters. The van der Waals surface area contributed by atoms with Crippen molar-refractivity contribution in [3.05, 3.63) is 41.4 Å². The predicted octanol–water partition coefficient (Wildman–Crippen LogP) is 3.31. The minimum Gasteiger partial charge on any atom is -0.338 e. The fourth-order valence-electron chi connectivity index (χ4n) is 1.80. The van der Waals surface area contributed by atoms with Crippen LogP contribution in [0.15, 0.2) is 35.7 Å². The molecular formula is C16H21N3OS. The first kappa shape index (κ1) is 15.5. The standard InChI is InChI=1S/C16H21N3OS/c1-12(2)10-18-16(20)17-9-8-14-11-21-15(19-14)13-6-4-3-5-7-13/h3-7,11-12H,8-10H2,1-2H3,(H2,17,18,20). The molecule has 0 bridgehead atoms. The Morgan fingerprint density at radius 2 is 2.00 bits per heavy atom. The van der Waals surface area contributed by atoms with Gasteiger partial charge in [0.1, 0.15) is 5.01 Å². The van der Waals surface area contributed by atoms with Crippen molar-refractivity contribution >= 4 is 17.4 Å². The van der Waals surface area contributed by atoms with Crippen LogP contribution in [-0.4, -0.2) is 24.1 Å². The molecule has 1 aromatic carbocycles. The van der Waals surface area contributed by atoms with E-state index < -0.39 is 0 Å². The number of aromatic nitrogens is 1. The normalized spacial score (nSPS) is 10.6. The van der Waals surface area contributed by atoms with Crippen LogP contribution in [0.2, 0.25) is 0 Å². The van der Waals surface area contributed by atoms with Gasteiger partial charge in [-0.2, -0.15) is 0 Å². The Morgan fingerprint density at radius 3 is 2.71 bits per heavy atom. The summed E-state index contributed by atoms with van der Waals surface area (Å²) in [4.78, 5) is 16.1. The Kier molecular flexibility index (Phi) is 5.75. The minimum atomic E-state index is -0.109. The van der Waals surface area contributed by atoms with Crippen molar-refractivity contribution < 1.29 is 4.79 Å². The smallest absolute Gasteiger partial charge is 0.314 e. The van der Waals surface area contributed by atoms with Crippen molar-refractivity contribution in [2.24, 2.45) is 5.92 Å². The zero-order valence-electron chi connectivity index (χ0n) is 12.4. The number of hydrogen-bond acceptors (Lipinski definition) is 3. The molecule has 21 heavy (non-hydrogen) atoms. The number of hydrogen-bond donors (Lipinski definition) is 2. The lowest BCUT2D eigenvalue weighted by atomic mass is 10.2. The monoisotopic (exact) mass is 303 g/mol. The summed E-state index contributed by atoms with van der Waals surface area (Å²) in [6.07, 6.45) is 0.748. The predicted molar refractivity (Wildman–Crippen MR) is 87.5 cm³/mol. The highest BCUT2D eigenvalue weighted by Gasteiger charge is 2.05. The highest BCUT2D eigenvalue weighted by Crippen LogP contribution is 2.23. The van der Waals surface area contributed by atoms with Crippen LogP contribution >= 0.6 is 11.3 Å². The third-order valence-electron chi connectivity index (χ3n) is 2.91. The zero-order chi connectivity index (χ0) is 15.1. The summed E-state index contributed by atoms with van der Waals surface area (Å²) < 4.78 is 0. The molecule has 2 aromatic rings. The Morgan fingerprint density at radius 1 is 1.24 bits per heavy atom. The van der Waals surface area contributed by atoms with Gasteiger partial charge in [0, 0.05) is 30.5 Å². The molecule has 0 radical (unpaired) electrons. The first-order valence-electron chi connectivity index (χ1n) is 7.16. The van der Waals surface area contributed by atoms with Gasteiger partial charge in [0.2, 0.25) is 0 Å². The number of carbonyl (C=O) groups is 1. The van der Waals surface area contributed by atoms with Gasteiger partial charge in [0.25, 0.3) is 0 Å². The maximum absolute atomic E-state index is 11.5. The second kappa shape index (κ2) is 7.78. The van der Waals surface area contributed by atoms with E-state index in [4.69, 9.17) is 0 Å². The minimum absolute atomic E-state index is 0.109. The Bertz CT molecular complexity index is 566. The van der Waals surface area contributed by atoms with Crippen molar-refractivity contribution in [3.8, 4) is 10.6 Å². The van der Waals surface area contributed by atoms with Crippen molar-refractivity contribution in [1.82, 2.24) is 15.6 Å². The van der Waals surface area contributed by atoms with Crippen LogP contribution in [-0.2, 0) is 6.42 Å². The molecule has 0 atom stereocenters. The van der Waals surface area contributed by atoms with Gasteiger partial charge in [0.15, 0.2) is 0 Å². The first-order valence-corrected chi connectivity index (χ1v) is 8.04. The molecular weight excluding hydrogens is 282 g/mol. The van der Waals surface area contributed by atoms with Crippen LogP contribution in [0.4, 0.5) is 4.79 Å². The van der Waals surface area contributed by atoms with Gasteiger partial charge < -0.3 is 10.6 Å². The molecule has 0 aliphatic carbocycles. The summed E-state index contributed by atoms with van der Waals surface area (Å²) in [5.41, 5.74) is 2.15. The molecule has 0 aliphatic heterocycles. The van der Waals surface area contributed by atoms with E-state index in [0.717, 1.165) is 22.7 Å². The van der Waals surface area contributed by atoms with Gasteiger partial charge in [-0.25, -0.2) is 9.78 Å². The Labute approximate surface area is 129 Å². The average Bonchev–Trinajstić information content (AvgIpc) is 2.95. The van der Waals surface area contributed by atoms with Crippen LogP contribution < -0.4 is 10.6 Å². The largest absolute Gasteiger partial charge is 0.338 e. The number of amides is 2. The molecule has 2 N–H and O–H groups in total. The van der Waals surface area contributed by atoms with Crippen molar-refractivity contribution in [2.45, 2.75) is 20.3 Å². The number of nitrogens with zero attached hydrogens (tertiary/aromatic N) is 1. The summed E-state index contributed by atoms with van der Waals surface area (Å²) in [5, 5.41) is 8.76. The third kappa shape index (κ3) is 5.19. The Hall–Kier alpha value is -1.88. The van der Waals surface area contributed by atoms with Gasteiger partial charge in [-0.15, -0.1) is 11.3 Å². The fraction of sp³-hybridized carbons (Fsp3) is 0.375. The number of benzene rings is 1. The van der Waals surface area contributed by atoms with E-state index in [0.29, 0.717) is 19.0 Å². The lowest BCUT2D eigenvalue weighted by molar-refractivity contribution is 0.239. The average molecular weight is 303 g/mol. The van der Waals surface area contributed by atoms with Gasteiger partial charge >= 0.3 is 6.03 Å². The molecule has 0 fully saturated rings. The lowest BCUT2D eigenvalue weighted by Gasteiger charge is -2.08. The number of nitrogens with one attached hydrogen (secondary N) is 2. The molecule has 0 aliphatic rings. The van der Waals surface area contributed by atoms with Crippen LogP contribution in [0.5, 0.6) is 0 Å². The molecule has 0 spiro atoms. The number of carbonyl (C=O) groups excluding carboxylic acids is 1. The quantitative estimate of drug-likeness (QED) is 0.860. The first-order chi connectivity index (χ1) is 10.1.